The van der Waals surface area contributed by atoms with Gasteiger partial charge in [-0.05, 0) is 85.1 Å². The summed E-state index contributed by atoms with van der Waals surface area (Å²) in [7, 11) is 0. The topological polar surface area (TPSA) is 0 Å². The van der Waals surface area contributed by atoms with Crippen LogP contribution in [-0.4, -0.2) is 0 Å². The van der Waals surface area contributed by atoms with Crippen molar-refractivity contribution >= 4 is 0 Å². The normalized spacial score (nSPS) is 26.9. The molecule has 2 saturated carbocycles. The fraction of sp³-hybridized carbons (Fsp3) is 0.538. The molecule has 0 amide bonds. The summed E-state index contributed by atoms with van der Waals surface area (Å²) in [5.41, 5.74) is 1.55. The van der Waals surface area contributed by atoms with E-state index in [0.29, 0.717) is 5.92 Å². The third-order valence-corrected chi connectivity index (χ3v) is 7.33. The van der Waals surface area contributed by atoms with Gasteiger partial charge in [0.05, 0.1) is 0 Å². The Balaban J connectivity index is 1.44. The van der Waals surface area contributed by atoms with Crippen molar-refractivity contribution < 1.29 is 13.2 Å². The van der Waals surface area contributed by atoms with Crippen LogP contribution in [0.1, 0.15) is 76.2 Å². The van der Waals surface area contributed by atoms with E-state index in [9.17, 15) is 13.2 Å². The first-order chi connectivity index (χ1) is 14.0. The van der Waals surface area contributed by atoms with Crippen molar-refractivity contribution in [2.24, 2.45) is 17.8 Å². The molecule has 0 aliphatic heterocycles. The van der Waals surface area contributed by atoms with Gasteiger partial charge in [-0.2, -0.15) is 0 Å². The minimum atomic E-state index is -0.684. The zero-order valence-corrected chi connectivity index (χ0v) is 17.3. The minimum Gasteiger partial charge on any atom is -0.207 e. The average Bonchev–Trinajstić information content (AvgIpc) is 2.71. The smallest absolute Gasteiger partial charge is 0.131 e. The highest BCUT2D eigenvalue weighted by Gasteiger charge is 2.35. The van der Waals surface area contributed by atoms with Crippen LogP contribution in [0.15, 0.2) is 36.4 Å². The predicted molar refractivity (Wildman–Crippen MR) is 112 cm³/mol. The summed E-state index contributed by atoms with van der Waals surface area (Å²) < 4.78 is 41.8. The molecular formula is C26H31F3. The van der Waals surface area contributed by atoms with Crippen molar-refractivity contribution in [3.05, 3.63) is 59.4 Å². The highest BCUT2D eigenvalue weighted by Crippen LogP contribution is 2.48. The van der Waals surface area contributed by atoms with Crippen LogP contribution in [0.5, 0.6) is 0 Å². The van der Waals surface area contributed by atoms with Gasteiger partial charge in [-0.15, -0.1) is 0 Å². The molecule has 156 valence electrons. The Morgan fingerprint density at radius 3 is 2.28 bits per heavy atom. The molecular weight excluding hydrogens is 369 g/mol. The summed E-state index contributed by atoms with van der Waals surface area (Å²) in [5, 5.41) is 0. The van der Waals surface area contributed by atoms with Crippen LogP contribution in [0.3, 0.4) is 0 Å². The Morgan fingerprint density at radius 1 is 0.828 bits per heavy atom. The van der Waals surface area contributed by atoms with Crippen LogP contribution in [0.2, 0.25) is 0 Å². The number of hydrogen-bond acceptors (Lipinski definition) is 0. The summed E-state index contributed by atoms with van der Waals surface area (Å²) in [6, 6.07) is 8.42. The second-order valence-electron chi connectivity index (χ2n) is 9.25. The van der Waals surface area contributed by atoms with E-state index in [1.165, 1.54) is 57.1 Å². The van der Waals surface area contributed by atoms with E-state index < -0.39 is 17.5 Å². The molecule has 0 heterocycles. The molecule has 2 aromatic rings. The van der Waals surface area contributed by atoms with E-state index in [0.717, 1.165) is 42.2 Å². The number of rotatable bonds is 5. The summed E-state index contributed by atoms with van der Waals surface area (Å²) >= 11 is 0. The van der Waals surface area contributed by atoms with Crippen molar-refractivity contribution in [1.29, 1.82) is 0 Å². The van der Waals surface area contributed by atoms with Gasteiger partial charge in [0, 0.05) is 11.6 Å². The lowest BCUT2D eigenvalue weighted by Crippen LogP contribution is -2.30. The number of fused-ring (bicyclic) bond motifs is 1. The highest BCUT2D eigenvalue weighted by atomic mass is 19.1. The molecule has 2 aromatic carbocycles. The van der Waals surface area contributed by atoms with E-state index in [2.05, 4.69) is 6.92 Å². The molecule has 0 aromatic heterocycles. The average molecular weight is 401 g/mol. The van der Waals surface area contributed by atoms with Gasteiger partial charge in [-0.3, -0.25) is 0 Å². The maximum atomic E-state index is 14.8. The summed E-state index contributed by atoms with van der Waals surface area (Å²) in [6.07, 6.45) is 11.6. The van der Waals surface area contributed by atoms with Gasteiger partial charge in [0.1, 0.15) is 17.5 Å². The van der Waals surface area contributed by atoms with E-state index in [-0.39, 0.29) is 11.1 Å². The van der Waals surface area contributed by atoms with E-state index in [4.69, 9.17) is 0 Å². The maximum absolute atomic E-state index is 14.8. The molecule has 0 spiro atoms. The largest absolute Gasteiger partial charge is 0.207 e. The Kier molecular flexibility index (Phi) is 6.32. The zero-order chi connectivity index (χ0) is 20.4. The Morgan fingerprint density at radius 2 is 1.55 bits per heavy atom. The van der Waals surface area contributed by atoms with Gasteiger partial charge in [-0.25, -0.2) is 13.2 Å². The molecule has 0 saturated heterocycles. The fourth-order valence-electron chi connectivity index (χ4n) is 5.77. The van der Waals surface area contributed by atoms with Crippen LogP contribution in [-0.2, 0) is 0 Å². The SMILES string of the molecule is CCCCC1CCC2CC(c3ccc(-c4cc(F)cc(F)c4)c(F)c3)CCC2C1. The summed E-state index contributed by atoms with van der Waals surface area (Å²) in [6.45, 7) is 2.27. The van der Waals surface area contributed by atoms with Crippen LogP contribution < -0.4 is 0 Å². The first kappa shape index (κ1) is 20.5. The van der Waals surface area contributed by atoms with Gasteiger partial charge >= 0.3 is 0 Å². The Labute approximate surface area is 172 Å². The minimum absolute atomic E-state index is 0.251. The van der Waals surface area contributed by atoms with Crippen LogP contribution in [0.4, 0.5) is 13.2 Å². The molecule has 4 rings (SSSR count). The quantitative estimate of drug-likeness (QED) is 0.474. The predicted octanol–water partition coefficient (Wildman–Crippen LogP) is 8.26. The van der Waals surface area contributed by atoms with Gasteiger partial charge in [-0.1, -0.05) is 44.7 Å². The van der Waals surface area contributed by atoms with Gasteiger partial charge in [0.25, 0.3) is 0 Å². The molecule has 0 nitrogen and oxygen atoms in total. The highest BCUT2D eigenvalue weighted by molar-refractivity contribution is 5.64. The molecule has 0 radical (unpaired) electrons. The van der Waals surface area contributed by atoms with Crippen LogP contribution in [0.25, 0.3) is 11.1 Å². The van der Waals surface area contributed by atoms with Crippen molar-refractivity contribution in [3.8, 4) is 11.1 Å². The molecule has 4 unspecified atom stereocenters. The Bertz CT molecular complexity index is 824. The number of hydrogen-bond donors (Lipinski definition) is 0. The number of halogens is 3. The molecule has 0 N–H and O–H groups in total. The molecule has 3 heteroatoms. The van der Waals surface area contributed by atoms with Crippen LogP contribution >= 0.6 is 0 Å². The maximum Gasteiger partial charge on any atom is 0.131 e. The summed E-state index contributed by atoms with van der Waals surface area (Å²) in [4.78, 5) is 0. The molecule has 29 heavy (non-hydrogen) atoms. The fourth-order valence-corrected chi connectivity index (χ4v) is 5.77. The first-order valence-electron chi connectivity index (χ1n) is 11.3. The number of benzene rings is 2. The van der Waals surface area contributed by atoms with Crippen molar-refractivity contribution in [2.75, 3.05) is 0 Å². The molecule has 4 atom stereocenters. The third kappa shape index (κ3) is 4.70. The molecule has 0 bridgehead atoms. The second kappa shape index (κ2) is 8.93. The van der Waals surface area contributed by atoms with Crippen molar-refractivity contribution in [2.45, 2.75) is 70.6 Å². The van der Waals surface area contributed by atoms with Crippen molar-refractivity contribution in [3.63, 3.8) is 0 Å². The van der Waals surface area contributed by atoms with Gasteiger partial charge < -0.3 is 0 Å². The Hall–Kier alpha value is -1.77. The number of unbranched alkanes of at least 4 members (excludes halogenated alkanes) is 1. The lowest BCUT2D eigenvalue weighted by Gasteiger charge is -2.42. The third-order valence-electron chi connectivity index (χ3n) is 7.33. The monoisotopic (exact) mass is 400 g/mol. The van der Waals surface area contributed by atoms with Gasteiger partial charge in [0.15, 0.2) is 0 Å². The molecule has 2 fully saturated rings. The zero-order valence-electron chi connectivity index (χ0n) is 17.3. The van der Waals surface area contributed by atoms with E-state index in [1.807, 2.05) is 6.07 Å². The van der Waals surface area contributed by atoms with Crippen LogP contribution in [0, 0.1) is 35.2 Å². The second-order valence-corrected chi connectivity index (χ2v) is 9.25. The van der Waals surface area contributed by atoms with E-state index in [1.54, 1.807) is 12.1 Å². The first-order valence-corrected chi connectivity index (χ1v) is 11.3. The lowest BCUT2D eigenvalue weighted by atomic mass is 9.63. The summed E-state index contributed by atoms with van der Waals surface area (Å²) in [5.74, 6) is 1.17. The van der Waals surface area contributed by atoms with Crippen molar-refractivity contribution in [1.82, 2.24) is 0 Å². The molecule has 2 aliphatic rings. The van der Waals surface area contributed by atoms with Gasteiger partial charge in [0.2, 0.25) is 0 Å². The van der Waals surface area contributed by atoms with E-state index >= 15 is 0 Å². The standard InChI is InChI=1S/C26H31F3/c1-2-3-4-17-5-6-19-12-20(8-7-18(19)11-17)21-9-10-25(26(29)15-21)22-13-23(27)16-24(28)14-22/h9-10,13-20H,2-8,11-12H2,1H3. The molecule has 2 aliphatic carbocycles. The lowest BCUT2D eigenvalue weighted by molar-refractivity contribution is 0.113.